The van der Waals surface area contributed by atoms with E-state index in [0.717, 1.165) is 35.6 Å². The first-order valence-electron chi connectivity index (χ1n) is 10.8. The van der Waals surface area contributed by atoms with Crippen molar-refractivity contribution in [2.24, 2.45) is 0 Å². The number of amides is 1. The van der Waals surface area contributed by atoms with E-state index >= 15 is 0 Å². The Morgan fingerprint density at radius 2 is 2.03 bits per heavy atom. The zero-order valence-corrected chi connectivity index (χ0v) is 19.0. The van der Waals surface area contributed by atoms with Crippen LogP contribution in [0.15, 0.2) is 48.8 Å². The van der Waals surface area contributed by atoms with Gasteiger partial charge in [-0.05, 0) is 41.8 Å². The van der Waals surface area contributed by atoms with E-state index in [1.807, 2.05) is 18.2 Å². The van der Waals surface area contributed by atoms with Crippen LogP contribution in [0.1, 0.15) is 34.3 Å². The highest BCUT2D eigenvalue weighted by atomic mass is 16.5. The van der Waals surface area contributed by atoms with Crippen LogP contribution in [0.2, 0.25) is 0 Å². The number of hydrogen-bond donors (Lipinski definition) is 2. The third kappa shape index (κ3) is 4.37. The summed E-state index contributed by atoms with van der Waals surface area (Å²) in [6.45, 7) is 3.84. The molecule has 0 fully saturated rings. The maximum Gasteiger partial charge on any atom is 0.251 e. The topological polar surface area (TPSA) is 79.4 Å². The average Bonchev–Trinajstić information content (AvgIpc) is 3.21. The van der Waals surface area contributed by atoms with Gasteiger partial charge in [0.15, 0.2) is 0 Å². The molecule has 2 N–H and O–H groups in total. The van der Waals surface area contributed by atoms with Gasteiger partial charge in [0.2, 0.25) is 0 Å². The van der Waals surface area contributed by atoms with Gasteiger partial charge in [0.25, 0.3) is 5.91 Å². The van der Waals surface area contributed by atoms with Crippen molar-refractivity contribution in [2.45, 2.75) is 19.3 Å². The Kier molecular flexibility index (Phi) is 6.25. The Morgan fingerprint density at radius 3 is 2.81 bits per heavy atom. The summed E-state index contributed by atoms with van der Waals surface area (Å²) in [5, 5.41) is 6.06. The van der Waals surface area contributed by atoms with Crippen molar-refractivity contribution < 1.29 is 9.53 Å². The molecule has 4 rings (SSSR count). The van der Waals surface area contributed by atoms with Crippen molar-refractivity contribution in [1.82, 2.24) is 15.3 Å². The molecule has 0 spiro atoms. The van der Waals surface area contributed by atoms with Crippen molar-refractivity contribution in [3.63, 3.8) is 0 Å². The predicted octanol–water partition coefficient (Wildman–Crippen LogP) is 3.72. The molecule has 1 aliphatic heterocycles. The van der Waals surface area contributed by atoms with Crippen LogP contribution in [-0.2, 0) is 6.42 Å². The lowest BCUT2D eigenvalue weighted by Gasteiger charge is -2.18. The van der Waals surface area contributed by atoms with Gasteiger partial charge in [0, 0.05) is 56.0 Å². The highest BCUT2D eigenvalue weighted by Gasteiger charge is 2.17. The Balaban J connectivity index is 1.47. The first-order chi connectivity index (χ1) is 15.5. The Bertz CT molecular complexity index is 1130. The summed E-state index contributed by atoms with van der Waals surface area (Å²) in [6, 6.07) is 14.0. The SMILES string of the molecule is CNC(=O)c1ccc([C@H](C)CNc2cc(-c3ccc4c(c3)CCN4C)ncn2)c(OC)c1. The molecular weight excluding hydrogens is 402 g/mol. The van der Waals surface area contributed by atoms with E-state index in [1.54, 1.807) is 26.6 Å². The molecule has 0 unspecified atom stereocenters. The van der Waals surface area contributed by atoms with Crippen LogP contribution in [0.25, 0.3) is 11.3 Å². The summed E-state index contributed by atoms with van der Waals surface area (Å²) in [4.78, 5) is 23.1. The maximum absolute atomic E-state index is 11.9. The van der Waals surface area contributed by atoms with Crippen molar-refractivity contribution in [2.75, 3.05) is 44.5 Å². The van der Waals surface area contributed by atoms with Gasteiger partial charge in [-0.15, -0.1) is 0 Å². The van der Waals surface area contributed by atoms with E-state index < -0.39 is 0 Å². The van der Waals surface area contributed by atoms with E-state index in [-0.39, 0.29) is 11.8 Å². The van der Waals surface area contributed by atoms with Crippen LogP contribution < -0.4 is 20.3 Å². The molecule has 1 aliphatic rings. The quantitative estimate of drug-likeness (QED) is 0.594. The Hall–Kier alpha value is -3.61. The van der Waals surface area contributed by atoms with Gasteiger partial charge in [-0.1, -0.05) is 19.1 Å². The number of hydrogen-bond acceptors (Lipinski definition) is 6. The van der Waals surface area contributed by atoms with Crippen LogP contribution in [0.4, 0.5) is 11.5 Å². The van der Waals surface area contributed by atoms with Crippen LogP contribution >= 0.6 is 0 Å². The summed E-state index contributed by atoms with van der Waals surface area (Å²) in [5.41, 5.74) is 6.27. The van der Waals surface area contributed by atoms with Crippen LogP contribution in [-0.4, -0.2) is 50.2 Å². The largest absolute Gasteiger partial charge is 0.496 e. The second kappa shape index (κ2) is 9.26. The van der Waals surface area contributed by atoms with E-state index in [4.69, 9.17) is 4.74 Å². The van der Waals surface area contributed by atoms with Gasteiger partial charge in [0.1, 0.15) is 17.9 Å². The number of nitrogens with one attached hydrogen (secondary N) is 2. The van der Waals surface area contributed by atoms with Gasteiger partial charge in [-0.2, -0.15) is 0 Å². The number of fused-ring (bicyclic) bond motifs is 1. The fourth-order valence-electron chi connectivity index (χ4n) is 4.11. The molecule has 7 heteroatoms. The number of ether oxygens (including phenoxy) is 1. The molecule has 0 bridgehead atoms. The van der Waals surface area contributed by atoms with E-state index in [1.165, 1.54) is 11.3 Å². The number of methoxy groups -OCH3 is 1. The summed E-state index contributed by atoms with van der Waals surface area (Å²) in [7, 11) is 5.37. The second-order valence-electron chi connectivity index (χ2n) is 8.12. The summed E-state index contributed by atoms with van der Waals surface area (Å²) >= 11 is 0. The molecule has 0 saturated heterocycles. The first-order valence-corrected chi connectivity index (χ1v) is 10.8. The first kappa shape index (κ1) is 21.6. The fraction of sp³-hybridized carbons (Fsp3) is 0.320. The molecule has 166 valence electrons. The Morgan fingerprint density at radius 1 is 1.19 bits per heavy atom. The minimum atomic E-state index is -0.132. The van der Waals surface area contributed by atoms with Crippen molar-refractivity contribution >= 4 is 17.4 Å². The number of anilines is 2. The van der Waals surface area contributed by atoms with Gasteiger partial charge in [-0.25, -0.2) is 9.97 Å². The van der Waals surface area contributed by atoms with Crippen molar-refractivity contribution in [3.8, 4) is 17.0 Å². The van der Waals surface area contributed by atoms with Crippen molar-refractivity contribution in [1.29, 1.82) is 0 Å². The molecule has 7 nitrogen and oxygen atoms in total. The maximum atomic E-state index is 11.9. The monoisotopic (exact) mass is 431 g/mol. The van der Waals surface area contributed by atoms with Gasteiger partial charge >= 0.3 is 0 Å². The standard InChI is InChI=1S/C25H29N5O2/c1-16(20-7-5-19(25(31)26-2)12-23(20)32-4)14-27-24-13-21(28-15-29-24)17-6-8-22-18(11-17)9-10-30(22)3/h5-8,11-13,15-16H,9-10,14H2,1-4H3,(H,26,31)(H,27,28,29)/t16-/m1/s1. The Labute approximate surface area is 188 Å². The molecule has 1 aromatic heterocycles. The average molecular weight is 432 g/mol. The molecule has 1 atom stereocenters. The molecule has 0 radical (unpaired) electrons. The smallest absolute Gasteiger partial charge is 0.251 e. The third-order valence-electron chi connectivity index (χ3n) is 6.01. The lowest BCUT2D eigenvalue weighted by atomic mass is 9.98. The van der Waals surface area contributed by atoms with E-state index in [2.05, 4.69) is 57.7 Å². The fourth-order valence-corrected chi connectivity index (χ4v) is 4.11. The number of rotatable bonds is 7. The molecule has 1 amide bonds. The number of carbonyl (C=O) groups is 1. The molecule has 2 heterocycles. The van der Waals surface area contributed by atoms with E-state index in [0.29, 0.717) is 17.9 Å². The number of aromatic nitrogens is 2. The van der Waals surface area contributed by atoms with Gasteiger partial charge < -0.3 is 20.3 Å². The molecule has 0 aliphatic carbocycles. The highest BCUT2D eigenvalue weighted by molar-refractivity contribution is 5.94. The molecule has 3 aromatic rings. The van der Waals surface area contributed by atoms with Gasteiger partial charge in [0.05, 0.1) is 12.8 Å². The lowest BCUT2D eigenvalue weighted by molar-refractivity contribution is 0.0962. The highest BCUT2D eigenvalue weighted by Crippen LogP contribution is 2.31. The summed E-state index contributed by atoms with van der Waals surface area (Å²) in [5.74, 6) is 1.50. The number of carbonyl (C=O) groups excluding carboxylic acids is 1. The zero-order chi connectivity index (χ0) is 22.7. The minimum Gasteiger partial charge on any atom is -0.496 e. The number of nitrogens with zero attached hydrogens (tertiary/aromatic N) is 3. The lowest BCUT2D eigenvalue weighted by Crippen LogP contribution is -2.18. The van der Waals surface area contributed by atoms with Crippen LogP contribution in [0.5, 0.6) is 5.75 Å². The summed E-state index contributed by atoms with van der Waals surface area (Å²) < 4.78 is 5.54. The van der Waals surface area contributed by atoms with Gasteiger partial charge in [-0.3, -0.25) is 4.79 Å². The second-order valence-corrected chi connectivity index (χ2v) is 8.12. The third-order valence-corrected chi connectivity index (χ3v) is 6.01. The molecule has 0 saturated carbocycles. The van der Waals surface area contributed by atoms with Crippen LogP contribution in [0.3, 0.4) is 0 Å². The zero-order valence-electron chi connectivity index (χ0n) is 19.0. The predicted molar refractivity (Wildman–Crippen MR) is 128 cm³/mol. The molecule has 32 heavy (non-hydrogen) atoms. The number of likely N-dealkylation sites (N-methyl/N-ethyl adjacent to an activating group) is 1. The van der Waals surface area contributed by atoms with Crippen LogP contribution in [0, 0.1) is 0 Å². The number of benzene rings is 2. The van der Waals surface area contributed by atoms with Crippen molar-refractivity contribution in [3.05, 3.63) is 65.5 Å². The molecule has 2 aromatic carbocycles. The molecular formula is C25H29N5O2. The minimum absolute atomic E-state index is 0.132. The summed E-state index contributed by atoms with van der Waals surface area (Å²) in [6.07, 6.45) is 2.66. The van der Waals surface area contributed by atoms with E-state index in [9.17, 15) is 4.79 Å². The normalized spacial score (nSPS) is 13.4.